The van der Waals surface area contributed by atoms with E-state index in [1.807, 2.05) is 0 Å². The van der Waals surface area contributed by atoms with Crippen LogP contribution in [0.15, 0.2) is 48.5 Å². The Labute approximate surface area is 141 Å². The monoisotopic (exact) mass is 349 g/mol. The molecule has 0 aliphatic carbocycles. The molecule has 2 aromatic carbocycles. The summed E-state index contributed by atoms with van der Waals surface area (Å²) in [4.78, 5) is 25.6. The molecule has 3 rings (SSSR count). The van der Waals surface area contributed by atoms with Gasteiger partial charge in [0.15, 0.2) is 0 Å². The van der Waals surface area contributed by atoms with E-state index in [2.05, 4.69) is 0 Å². The van der Waals surface area contributed by atoms with Gasteiger partial charge >= 0.3 is 12.1 Å². The molecule has 25 heavy (non-hydrogen) atoms. The molecule has 0 atom stereocenters. The van der Waals surface area contributed by atoms with Gasteiger partial charge in [0.25, 0.3) is 0 Å². The molecule has 1 heterocycles. The van der Waals surface area contributed by atoms with Gasteiger partial charge in [-0.05, 0) is 36.8 Å². The first-order chi connectivity index (χ1) is 11.9. The summed E-state index contributed by atoms with van der Waals surface area (Å²) in [5.74, 6) is -1.51. The quantitative estimate of drug-likeness (QED) is 0.620. The molecular formula is C18H14F3NO3. The smallest absolute Gasteiger partial charge is 0.419 e. The summed E-state index contributed by atoms with van der Waals surface area (Å²) in [6.45, 7) is 0.550. The molecule has 1 amide bonds. The number of carbonyl (C=O) groups is 2. The van der Waals surface area contributed by atoms with Crippen molar-refractivity contribution >= 4 is 17.6 Å². The van der Waals surface area contributed by atoms with Crippen LogP contribution < -0.4 is 9.64 Å². The van der Waals surface area contributed by atoms with Gasteiger partial charge in [-0.2, -0.15) is 13.2 Å². The number of rotatable bonds is 3. The molecule has 0 N–H and O–H groups in total. The van der Waals surface area contributed by atoms with Crippen LogP contribution in [0.2, 0.25) is 0 Å². The Bertz CT molecular complexity index is 817. The van der Waals surface area contributed by atoms with Crippen molar-refractivity contribution in [3.05, 3.63) is 59.7 Å². The van der Waals surface area contributed by atoms with E-state index >= 15 is 0 Å². The molecule has 130 valence electrons. The molecule has 0 unspecified atom stereocenters. The molecule has 7 heteroatoms. The number of amides is 1. The van der Waals surface area contributed by atoms with Crippen LogP contribution in [0.25, 0.3) is 0 Å². The van der Waals surface area contributed by atoms with Crippen LogP contribution in [0.3, 0.4) is 0 Å². The van der Waals surface area contributed by atoms with Crippen molar-refractivity contribution in [1.29, 1.82) is 0 Å². The highest BCUT2D eigenvalue weighted by Gasteiger charge is 2.34. The van der Waals surface area contributed by atoms with E-state index in [4.69, 9.17) is 4.74 Å². The Balaban J connectivity index is 1.84. The van der Waals surface area contributed by atoms with E-state index in [0.29, 0.717) is 18.7 Å². The summed E-state index contributed by atoms with van der Waals surface area (Å²) in [6.07, 6.45) is -3.46. The Hall–Kier alpha value is -2.83. The van der Waals surface area contributed by atoms with E-state index in [1.165, 1.54) is 24.3 Å². The van der Waals surface area contributed by atoms with Crippen molar-refractivity contribution in [2.24, 2.45) is 0 Å². The zero-order chi connectivity index (χ0) is 18.0. The molecule has 0 bridgehead atoms. The molecule has 4 nitrogen and oxygen atoms in total. The van der Waals surface area contributed by atoms with Crippen LogP contribution in [-0.4, -0.2) is 18.4 Å². The Kier molecular flexibility index (Phi) is 4.48. The Morgan fingerprint density at radius 3 is 2.52 bits per heavy atom. The van der Waals surface area contributed by atoms with Gasteiger partial charge in [0.1, 0.15) is 5.75 Å². The van der Waals surface area contributed by atoms with Crippen LogP contribution in [0.1, 0.15) is 28.8 Å². The summed E-state index contributed by atoms with van der Waals surface area (Å²) >= 11 is 0. The highest BCUT2D eigenvalue weighted by atomic mass is 19.4. The molecule has 0 aromatic heterocycles. The molecule has 0 saturated carbocycles. The van der Waals surface area contributed by atoms with Crippen molar-refractivity contribution in [1.82, 2.24) is 0 Å². The lowest BCUT2D eigenvalue weighted by Crippen LogP contribution is -2.24. The fourth-order valence-electron chi connectivity index (χ4n) is 2.67. The normalized spacial score (nSPS) is 14.7. The number of alkyl halides is 3. The van der Waals surface area contributed by atoms with Crippen molar-refractivity contribution in [3.63, 3.8) is 0 Å². The molecule has 1 saturated heterocycles. The average molecular weight is 349 g/mol. The molecule has 1 fully saturated rings. The van der Waals surface area contributed by atoms with Crippen LogP contribution in [0.5, 0.6) is 5.75 Å². The molecule has 2 aromatic rings. The van der Waals surface area contributed by atoms with E-state index < -0.39 is 23.5 Å². The topological polar surface area (TPSA) is 46.6 Å². The summed E-state index contributed by atoms with van der Waals surface area (Å²) in [7, 11) is 0. The largest absolute Gasteiger partial charge is 0.422 e. The van der Waals surface area contributed by atoms with Gasteiger partial charge in [-0.25, -0.2) is 4.79 Å². The van der Waals surface area contributed by atoms with E-state index in [-0.39, 0.29) is 11.5 Å². The minimum Gasteiger partial charge on any atom is -0.422 e. The minimum absolute atomic E-state index is 0.0482. The number of halogens is 3. The fourth-order valence-corrected chi connectivity index (χ4v) is 2.67. The predicted molar refractivity (Wildman–Crippen MR) is 84.4 cm³/mol. The number of benzene rings is 2. The SMILES string of the molecule is O=C(Oc1ccccc1C(F)(F)F)c1cccc(N2CCCC2=O)c1. The fraction of sp³-hybridized carbons (Fsp3) is 0.222. The maximum Gasteiger partial charge on any atom is 0.419 e. The van der Waals surface area contributed by atoms with Crippen molar-refractivity contribution in [2.45, 2.75) is 19.0 Å². The highest BCUT2D eigenvalue weighted by molar-refractivity contribution is 5.98. The zero-order valence-electron chi connectivity index (χ0n) is 13.0. The number of hydrogen-bond acceptors (Lipinski definition) is 3. The van der Waals surface area contributed by atoms with Gasteiger partial charge in [0.05, 0.1) is 11.1 Å². The second kappa shape index (κ2) is 6.58. The summed E-state index contributed by atoms with van der Waals surface area (Å²) in [5, 5.41) is 0. The number of anilines is 1. The third kappa shape index (κ3) is 3.65. The average Bonchev–Trinajstić information content (AvgIpc) is 3.00. The second-order valence-corrected chi connectivity index (χ2v) is 5.58. The molecule has 0 spiro atoms. The third-order valence-corrected chi connectivity index (χ3v) is 3.86. The third-order valence-electron chi connectivity index (χ3n) is 3.86. The lowest BCUT2D eigenvalue weighted by Gasteiger charge is -2.16. The van der Waals surface area contributed by atoms with Gasteiger partial charge in [0.2, 0.25) is 5.91 Å². The number of nitrogens with zero attached hydrogens (tertiary/aromatic N) is 1. The van der Waals surface area contributed by atoms with E-state index in [0.717, 1.165) is 18.6 Å². The number of hydrogen-bond donors (Lipinski definition) is 0. The predicted octanol–water partition coefficient (Wildman–Crippen LogP) is 4.05. The van der Waals surface area contributed by atoms with Gasteiger partial charge in [0, 0.05) is 18.7 Å². The maximum atomic E-state index is 13.0. The van der Waals surface area contributed by atoms with Gasteiger partial charge in [-0.3, -0.25) is 4.79 Å². The van der Waals surface area contributed by atoms with Gasteiger partial charge in [-0.1, -0.05) is 18.2 Å². The lowest BCUT2D eigenvalue weighted by molar-refractivity contribution is -0.138. The molecule has 0 radical (unpaired) electrons. The van der Waals surface area contributed by atoms with Crippen molar-refractivity contribution < 1.29 is 27.5 Å². The summed E-state index contributed by atoms with van der Waals surface area (Å²) in [6, 6.07) is 10.6. The first kappa shape index (κ1) is 17.0. The number of ether oxygens (including phenoxy) is 1. The van der Waals surface area contributed by atoms with E-state index in [1.54, 1.807) is 17.0 Å². The van der Waals surface area contributed by atoms with Crippen molar-refractivity contribution in [2.75, 3.05) is 11.4 Å². The van der Waals surface area contributed by atoms with Crippen molar-refractivity contribution in [3.8, 4) is 5.75 Å². The molecule has 1 aliphatic heterocycles. The van der Waals surface area contributed by atoms with Gasteiger partial charge < -0.3 is 9.64 Å². The molecular weight excluding hydrogens is 335 g/mol. The zero-order valence-corrected chi connectivity index (χ0v) is 13.0. The van der Waals surface area contributed by atoms with Crippen LogP contribution in [0.4, 0.5) is 18.9 Å². The standard InChI is InChI=1S/C18H14F3NO3/c19-18(20,21)14-7-1-2-8-15(14)25-17(24)12-5-3-6-13(11-12)22-10-4-9-16(22)23/h1-3,5-8,11H,4,9-10H2. The first-order valence-electron chi connectivity index (χ1n) is 7.65. The lowest BCUT2D eigenvalue weighted by atomic mass is 10.1. The number of para-hydroxylation sites is 1. The Morgan fingerprint density at radius 1 is 1.08 bits per heavy atom. The summed E-state index contributed by atoms with van der Waals surface area (Å²) < 4.78 is 43.9. The summed E-state index contributed by atoms with van der Waals surface area (Å²) in [5.41, 5.74) is -0.413. The Morgan fingerprint density at radius 2 is 1.84 bits per heavy atom. The highest BCUT2D eigenvalue weighted by Crippen LogP contribution is 2.36. The second-order valence-electron chi connectivity index (χ2n) is 5.58. The van der Waals surface area contributed by atoms with Crippen LogP contribution in [-0.2, 0) is 11.0 Å². The maximum absolute atomic E-state index is 13.0. The van der Waals surface area contributed by atoms with Crippen LogP contribution in [0, 0.1) is 0 Å². The minimum atomic E-state index is -4.62. The first-order valence-corrected chi connectivity index (χ1v) is 7.65. The number of esters is 1. The van der Waals surface area contributed by atoms with Gasteiger partial charge in [-0.15, -0.1) is 0 Å². The number of carbonyl (C=O) groups excluding carboxylic acids is 2. The molecule has 1 aliphatic rings. The van der Waals surface area contributed by atoms with Crippen LogP contribution >= 0.6 is 0 Å². The van der Waals surface area contributed by atoms with E-state index in [9.17, 15) is 22.8 Å².